The van der Waals surface area contributed by atoms with Gasteiger partial charge in [-0.25, -0.2) is 9.59 Å². The van der Waals surface area contributed by atoms with E-state index in [4.69, 9.17) is 0 Å². The zero-order chi connectivity index (χ0) is 14.4. The van der Waals surface area contributed by atoms with Gasteiger partial charge in [-0.15, -0.1) is 0 Å². The first-order chi connectivity index (χ1) is 8.99. The van der Waals surface area contributed by atoms with E-state index in [1.165, 1.54) is 0 Å². The van der Waals surface area contributed by atoms with Gasteiger partial charge in [-0.2, -0.15) is 0 Å². The molecule has 5 nitrogen and oxygen atoms in total. The van der Waals surface area contributed by atoms with E-state index in [1.54, 1.807) is 18.2 Å². The SMILES string of the molecule is COC(=O)/C=C(/C(=O)OC)C(=O)c1cccc(C)c1. The third kappa shape index (κ3) is 3.77. The molecular weight excluding hydrogens is 248 g/mol. The summed E-state index contributed by atoms with van der Waals surface area (Å²) in [5.41, 5.74) is 0.814. The standard InChI is InChI=1S/C14H14O5/c1-9-5-4-6-10(7-9)13(16)11(14(17)19-3)8-12(15)18-2/h4-8H,1-3H3/b11-8+. The molecule has 0 radical (unpaired) electrons. The number of benzene rings is 1. The van der Waals surface area contributed by atoms with Gasteiger partial charge in [0, 0.05) is 11.6 Å². The zero-order valence-corrected chi connectivity index (χ0v) is 10.9. The number of ether oxygens (including phenoxy) is 2. The minimum Gasteiger partial charge on any atom is -0.466 e. The van der Waals surface area contributed by atoms with Crippen LogP contribution in [0.15, 0.2) is 35.9 Å². The summed E-state index contributed by atoms with van der Waals surface area (Å²) in [6, 6.07) is 6.69. The molecule has 0 fully saturated rings. The Morgan fingerprint density at radius 3 is 2.32 bits per heavy atom. The second-order valence-corrected chi connectivity index (χ2v) is 3.77. The van der Waals surface area contributed by atoms with Crippen molar-refractivity contribution < 1.29 is 23.9 Å². The fourth-order valence-corrected chi connectivity index (χ4v) is 1.45. The molecular formula is C14H14O5. The van der Waals surface area contributed by atoms with Gasteiger partial charge < -0.3 is 9.47 Å². The van der Waals surface area contributed by atoms with Crippen molar-refractivity contribution in [2.24, 2.45) is 0 Å². The van der Waals surface area contributed by atoms with Crippen LogP contribution in [-0.4, -0.2) is 31.9 Å². The Morgan fingerprint density at radius 1 is 1.11 bits per heavy atom. The van der Waals surface area contributed by atoms with Crippen molar-refractivity contribution in [1.29, 1.82) is 0 Å². The van der Waals surface area contributed by atoms with Crippen LogP contribution in [0.3, 0.4) is 0 Å². The van der Waals surface area contributed by atoms with Crippen LogP contribution >= 0.6 is 0 Å². The number of methoxy groups -OCH3 is 2. The summed E-state index contributed by atoms with van der Waals surface area (Å²) in [6.07, 6.45) is 0.830. The molecule has 0 aliphatic carbocycles. The molecule has 0 amide bonds. The smallest absolute Gasteiger partial charge is 0.342 e. The Kier molecular flexibility index (Phi) is 5.00. The number of hydrogen-bond acceptors (Lipinski definition) is 5. The lowest BCUT2D eigenvalue weighted by atomic mass is 10.0. The highest BCUT2D eigenvalue weighted by atomic mass is 16.5. The predicted molar refractivity (Wildman–Crippen MR) is 67.6 cm³/mol. The number of aryl methyl sites for hydroxylation is 1. The second-order valence-electron chi connectivity index (χ2n) is 3.77. The molecule has 0 aromatic heterocycles. The first-order valence-electron chi connectivity index (χ1n) is 5.49. The Morgan fingerprint density at radius 2 is 1.79 bits per heavy atom. The fraction of sp³-hybridized carbons (Fsp3) is 0.214. The maximum atomic E-state index is 12.2. The van der Waals surface area contributed by atoms with E-state index >= 15 is 0 Å². The van der Waals surface area contributed by atoms with Gasteiger partial charge in [0.05, 0.1) is 14.2 Å². The van der Waals surface area contributed by atoms with Gasteiger partial charge in [0.2, 0.25) is 5.78 Å². The maximum absolute atomic E-state index is 12.2. The molecule has 5 heteroatoms. The molecule has 0 saturated carbocycles. The molecule has 19 heavy (non-hydrogen) atoms. The lowest BCUT2D eigenvalue weighted by molar-refractivity contribution is -0.138. The molecule has 100 valence electrons. The van der Waals surface area contributed by atoms with Gasteiger partial charge in [-0.05, 0) is 13.0 Å². The molecule has 0 atom stereocenters. The first kappa shape index (κ1) is 14.6. The predicted octanol–water partition coefficient (Wildman–Crippen LogP) is 1.45. The molecule has 1 rings (SSSR count). The monoisotopic (exact) mass is 262 g/mol. The van der Waals surface area contributed by atoms with Gasteiger partial charge >= 0.3 is 11.9 Å². The number of rotatable bonds is 4. The van der Waals surface area contributed by atoms with Crippen LogP contribution in [0.4, 0.5) is 0 Å². The van der Waals surface area contributed by atoms with Crippen LogP contribution in [0.25, 0.3) is 0 Å². The number of hydrogen-bond donors (Lipinski definition) is 0. The van der Waals surface area contributed by atoms with Crippen LogP contribution in [0, 0.1) is 6.92 Å². The number of Topliss-reactive ketones (excluding diaryl/α,β-unsaturated/α-hetero) is 1. The fourth-order valence-electron chi connectivity index (χ4n) is 1.45. The highest BCUT2D eigenvalue weighted by Gasteiger charge is 2.22. The quantitative estimate of drug-likeness (QED) is 0.270. The first-order valence-corrected chi connectivity index (χ1v) is 5.49. The third-order valence-electron chi connectivity index (χ3n) is 2.39. The van der Waals surface area contributed by atoms with E-state index in [-0.39, 0.29) is 5.57 Å². The summed E-state index contributed by atoms with van der Waals surface area (Å²) < 4.78 is 8.90. The average molecular weight is 262 g/mol. The number of esters is 2. The zero-order valence-electron chi connectivity index (χ0n) is 10.9. The topological polar surface area (TPSA) is 69.7 Å². The minimum absolute atomic E-state index is 0.306. The van der Waals surface area contributed by atoms with E-state index in [0.29, 0.717) is 5.56 Å². The Labute approximate surface area is 110 Å². The van der Waals surface area contributed by atoms with Crippen LogP contribution in [0.2, 0.25) is 0 Å². The number of carbonyl (C=O) groups excluding carboxylic acids is 3. The lowest BCUT2D eigenvalue weighted by Crippen LogP contribution is -2.17. The van der Waals surface area contributed by atoms with Crippen LogP contribution in [-0.2, 0) is 19.1 Å². The van der Waals surface area contributed by atoms with Gasteiger partial charge in [-0.3, -0.25) is 4.79 Å². The molecule has 0 spiro atoms. The van der Waals surface area contributed by atoms with Gasteiger partial charge in [-0.1, -0.05) is 23.8 Å². The van der Waals surface area contributed by atoms with E-state index in [2.05, 4.69) is 9.47 Å². The molecule has 1 aromatic carbocycles. The van der Waals surface area contributed by atoms with Gasteiger partial charge in [0.1, 0.15) is 5.57 Å². The van der Waals surface area contributed by atoms with Crippen LogP contribution in [0.1, 0.15) is 15.9 Å². The number of carbonyl (C=O) groups is 3. The lowest BCUT2D eigenvalue weighted by Gasteiger charge is -2.05. The maximum Gasteiger partial charge on any atom is 0.342 e. The highest BCUT2D eigenvalue weighted by Crippen LogP contribution is 2.12. The second kappa shape index (κ2) is 6.49. The van der Waals surface area contributed by atoms with Crippen molar-refractivity contribution in [3.05, 3.63) is 47.0 Å². The summed E-state index contributed by atoms with van der Waals surface area (Å²) in [7, 11) is 2.29. The molecule has 0 unspecified atom stereocenters. The largest absolute Gasteiger partial charge is 0.466 e. The Balaban J connectivity index is 3.19. The van der Waals surface area contributed by atoms with Crippen molar-refractivity contribution in [3.8, 4) is 0 Å². The Hall–Kier alpha value is -2.43. The normalized spacial score (nSPS) is 10.8. The molecule has 0 bridgehead atoms. The third-order valence-corrected chi connectivity index (χ3v) is 2.39. The molecule has 0 heterocycles. The summed E-state index contributed by atoms with van der Waals surface area (Å²) in [4.78, 5) is 34.9. The van der Waals surface area contributed by atoms with E-state index in [9.17, 15) is 14.4 Å². The van der Waals surface area contributed by atoms with Crippen molar-refractivity contribution in [2.45, 2.75) is 6.92 Å². The minimum atomic E-state index is -0.878. The van der Waals surface area contributed by atoms with E-state index in [0.717, 1.165) is 25.9 Å². The van der Waals surface area contributed by atoms with Crippen molar-refractivity contribution in [3.63, 3.8) is 0 Å². The highest BCUT2D eigenvalue weighted by molar-refractivity contribution is 6.26. The van der Waals surface area contributed by atoms with Gasteiger partial charge in [0.25, 0.3) is 0 Å². The summed E-state index contributed by atoms with van der Waals surface area (Å²) in [5.74, 6) is -2.25. The summed E-state index contributed by atoms with van der Waals surface area (Å²) >= 11 is 0. The van der Waals surface area contributed by atoms with Gasteiger partial charge in [0.15, 0.2) is 0 Å². The summed E-state index contributed by atoms with van der Waals surface area (Å²) in [5, 5.41) is 0. The van der Waals surface area contributed by atoms with Crippen molar-refractivity contribution in [2.75, 3.05) is 14.2 Å². The summed E-state index contributed by atoms with van der Waals surface area (Å²) in [6.45, 7) is 1.82. The van der Waals surface area contributed by atoms with Crippen LogP contribution < -0.4 is 0 Å². The molecule has 0 N–H and O–H groups in total. The molecule has 0 aliphatic rings. The van der Waals surface area contributed by atoms with Crippen molar-refractivity contribution in [1.82, 2.24) is 0 Å². The average Bonchev–Trinajstić information content (AvgIpc) is 2.42. The van der Waals surface area contributed by atoms with Crippen LogP contribution in [0.5, 0.6) is 0 Å². The molecule has 1 aromatic rings. The van der Waals surface area contributed by atoms with E-state index < -0.39 is 17.7 Å². The molecule has 0 aliphatic heterocycles. The van der Waals surface area contributed by atoms with E-state index in [1.807, 2.05) is 13.0 Å². The molecule has 0 saturated heterocycles. The number of ketones is 1. The Bertz CT molecular complexity index is 543. The van der Waals surface area contributed by atoms with Crippen molar-refractivity contribution >= 4 is 17.7 Å².